The van der Waals surface area contributed by atoms with Crippen LogP contribution in [-0.2, 0) is 48.2 Å². The fourth-order valence-electron chi connectivity index (χ4n) is 2.93. The summed E-state index contributed by atoms with van der Waals surface area (Å²) >= 11 is 0. The van der Waals surface area contributed by atoms with Crippen LogP contribution in [0.1, 0.15) is 13.8 Å². The molecule has 8 unspecified atom stereocenters. The molecule has 0 bridgehead atoms. The fourth-order valence-corrected chi connectivity index (χ4v) is 3.70. The van der Waals surface area contributed by atoms with E-state index in [1.54, 1.807) is 6.92 Å². The molecule has 18 heteroatoms. The van der Waals surface area contributed by atoms with E-state index in [1.165, 1.54) is 6.92 Å². The first-order valence-corrected chi connectivity index (χ1v) is 12.1. The first-order chi connectivity index (χ1) is 15.1. The number of aliphatic hydroxyl groups is 3. The van der Waals surface area contributed by atoms with Crippen LogP contribution in [0.25, 0.3) is 0 Å². The molecule has 0 radical (unpaired) electrons. The maximum atomic E-state index is 10.7. The molecular formula is C15H25O16S2-3. The minimum Gasteiger partial charge on any atom is -0.726 e. The average molecular weight is 525 g/mol. The lowest BCUT2D eigenvalue weighted by molar-refractivity contribution is -0.328. The van der Waals surface area contributed by atoms with E-state index >= 15 is 0 Å². The molecule has 0 spiro atoms. The molecule has 196 valence electrons. The van der Waals surface area contributed by atoms with Crippen LogP contribution in [0.3, 0.4) is 0 Å². The van der Waals surface area contributed by atoms with Gasteiger partial charge in [-0.1, -0.05) is 6.92 Å². The molecule has 33 heavy (non-hydrogen) atoms. The summed E-state index contributed by atoms with van der Waals surface area (Å²) in [5.41, 5.74) is 0. The SMILES string of the molecule is CC1COC(COS(=O)(=O)[O-])C(O)C1O.CCOC1C(C(=O)[O-])OCC(OS(=O)(=O)[O-])C1O. The Morgan fingerprint density at radius 2 is 1.61 bits per heavy atom. The van der Waals surface area contributed by atoms with Crippen LogP contribution in [0, 0.1) is 5.92 Å². The lowest BCUT2D eigenvalue weighted by Gasteiger charge is -2.39. The molecule has 3 N–H and O–H groups in total. The van der Waals surface area contributed by atoms with E-state index in [9.17, 15) is 51.2 Å². The van der Waals surface area contributed by atoms with Gasteiger partial charge in [0, 0.05) is 12.5 Å². The zero-order valence-electron chi connectivity index (χ0n) is 17.4. The Kier molecular flexibility index (Phi) is 11.5. The van der Waals surface area contributed by atoms with E-state index in [4.69, 9.17) is 14.2 Å². The van der Waals surface area contributed by atoms with Gasteiger partial charge in [0.1, 0.15) is 36.6 Å². The normalized spacial score (nSPS) is 35.4. The lowest BCUT2D eigenvalue weighted by Crippen LogP contribution is -2.60. The largest absolute Gasteiger partial charge is 0.726 e. The van der Waals surface area contributed by atoms with Gasteiger partial charge < -0.3 is 48.5 Å². The highest BCUT2D eigenvalue weighted by Gasteiger charge is 2.42. The topological polar surface area (TPSA) is 261 Å². The maximum Gasteiger partial charge on any atom is 0.218 e. The quantitative estimate of drug-likeness (QED) is 0.198. The monoisotopic (exact) mass is 525 g/mol. The first-order valence-electron chi connectivity index (χ1n) is 9.41. The molecular weight excluding hydrogens is 500 g/mol. The maximum absolute atomic E-state index is 10.7. The number of carboxylic acid groups (broad SMARTS) is 1. The van der Waals surface area contributed by atoms with Crippen molar-refractivity contribution in [2.75, 3.05) is 26.4 Å². The molecule has 0 aromatic heterocycles. The highest BCUT2D eigenvalue weighted by Crippen LogP contribution is 2.22. The van der Waals surface area contributed by atoms with Gasteiger partial charge in [-0.2, -0.15) is 0 Å². The molecule has 2 heterocycles. The van der Waals surface area contributed by atoms with Crippen LogP contribution in [0.15, 0.2) is 0 Å². The van der Waals surface area contributed by atoms with Gasteiger partial charge in [-0.25, -0.2) is 16.8 Å². The average Bonchev–Trinajstić information content (AvgIpc) is 2.67. The minimum absolute atomic E-state index is 0.0473. The summed E-state index contributed by atoms with van der Waals surface area (Å²) in [6.07, 6.45) is -9.35. The van der Waals surface area contributed by atoms with E-state index in [2.05, 4.69) is 8.37 Å². The molecule has 0 aromatic rings. The van der Waals surface area contributed by atoms with Gasteiger partial charge in [-0.15, -0.1) is 0 Å². The standard InChI is InChI=1S/C8H14O9S.C7H14O7S/c1-2-15-6-5(9)4(17-18(12,13)14)3-16-7(6)8(10)11;1-4-2-13-5(7(9)6(4)8)3-14-15(10,11)12/h4-7,9H,2-3H2,1H3,(H,10,11)(H,12,13,14);4-9H,2-3H2,1H3,(H,10,11,12)/p-3. The first kappa shape index (κ1) is 30.0. The Hall–Kier alpha value is -1.03. The van der Waals surface area contributed by atoms with E-state index in [-0.39, 0.29) is 19.1 Å². The third-order valence-electron chi connectivity index (χ3n) is 4.55. The van der Waals surface area contributed by atoms with Gasteiger partial charge in [0.25, 0.3) is 0 Å². The van der Waals surface area contributed by atoms with Crippen molar-refractivity contribution in [3.8, 4) is 0 Å². The van der Waals surface area contributed by atoms with Crippen molar-refractivity contribution < 1.29 is 73.7 Å². The minimum atomic E-state index is -5.04. The second-order valence-electron chi connectivity index (χ2n) is 7.05. The van der Waals surface area contributed by atoms with Crippen LogP contribution in [0.4, 0.5) is 0 Å². The van der Waals surface area contributed by atoms with Crippen molar-refractivity contribution in [1.29, 1.82) is 0 Å². The van der Waals surface area contributed by atoms with Gasteiger partial charge in [-0.05, 0) is 6.92 Å². The van der Waals surface area contributed by atoms with Crippen molar-refractivity contribution >= 4 is 26.8 Å². The number of hydrogen-bond acceptors (Lipinski definition) is 16. The van der Waals surface area contributed by atoms with Crippen molar-refractivity contribution in [3.05, 3.63) is 0 Å². The van der Waals surface area contributed by atoms with Crippen molar-refractivity contribution in [2.24, 2.45) is 5.92 Å². The molecule has 2 aliphatic heterocycles. The summed E-state index contributed by atoms with van der Waals surface area (Å²) < 4.78 is 84.4. The van der Waals surface area contributed by atoms with E-state index in [0.29, 0.717) is 0 Å². The predicted octanol–water partition coefficient (Wildman–Crippen LogP) is -5.03. The predicted molar refractivity (Wildman–Crippen MR) is 97.3 cm³/mol. The highest BCUT2D eigenvalue weighted by molar-refractivity contribution is 7.81. The third kappa shape index (κ3) is 10.0. The van der Waals surface area contributed by atoms with Gasteiger partial charge in [0.2, 0.25) is 20.8 Å². The smallest absolute Gasteiger partial charge is 0.218 e. The van der Waals surface area contributed by atoms with Gasteiger partial charge in [-0.3, -0.25) is 8.37 Å². The van der Waals surface area contributed by atoms with E-state index < -0.39 is 82.7 Å². The Morgan fingerprint density at radius 1 is 1.00 bits per heavy atom. The van der Waals surface area contributed by atoms with Crippen LogP contribution < -0.4 is 5.11 Å². The number of aliphatic carboxylic acids is 1. The molecule has 8 atom stereocenters. The Bertz CT molecular complexity index is 829. The van der Waals surface area contributed by atoms with Crippen LogP contribution in [-0.4, -0.2) is 116 Å². The molecule has 0 aromatic carbocycles. The summed E-state index contributed by atoms with van der Waals surface area (Å²) in [7, 11) is -9.84. The van der Waals surface area contributed by atoms with Gasteiger partial charge in [0.05, 0.1) is 31.9 Å². The van der Waals surface area contributed by atoms with E-state index in [1.807, 2.05) is 0 Å². The second-order valence-corrected chi connectivity index (χ2v) is 9.11. The molecule has 16 nitrogen and oxygen atoms in total. The molecule has 2 aliphatic rings. The number of carbonyl (C=O) groups excluding carboxylic acids is 1. The van der Waals surface area contributed by atoms with Crippen molar-refractivity contribution in [2.45, 2.75) is 56.6 Å². The van der Waals surface area contributed by atoms with Crippen LogP contribution in [0.2, 0.25) is 0 Å². The summed E-state index contributed by atoms with van der Waals surface area (Å²) in [5, 5.41) is 39.3. The van der Waals surface area contributed by atoms with Crippen molar-refractivity contribution in [1.82, 2.24) is 0 Å². The lowest BCUT2D eigenvalue weighted by atomic mass is 9.94. The zero-order chi connectivity index (χ0) is 25.6. The number of aliphatic hydroxyl groups excluding tert-OH is 3. The van der Waals surface area contributed by atoms with Gasteiger partial charge in [0.15, 0.2) is 0 Å². The van der Waals surface area contributed by atoms with E-state index in [0.717, 1.165) is 0 Å². The summed E-state index contributed by atoms with van der Waals surface area (Å²) in [6, 6.07) is 0. The number of carbonyl (C=O) groups is 1. The van der Waals surface area contributed by atoms with Crippen LogP contribution in [0.5, 0.6) is 0 Å². The summed E-state index contributed by atoms with van der Waals surface area (Å²) in [4.78, 5) is 10.7. The Balaban J connectivity index is 0.000000335. The number of carboxylic acids is 1. The summed E-state index contributed by atoms with van der Waals surface area (Å²) in [6.45, 7) is 2.27. The Labute approximate surface area is 189 Å². The molecule has 2 rings (SSSR count). The molecule has 0 aliphatic carbocycles. The van der Waals surface area contributed by atoms with Gasteiger partial charge >= 0.3 is 0 Å². The number of hydrogen-bond donors (Lipinski definition) is 3. The number of rotatable bonds is 8. The Morgan fingerprint density at radius 3 is 2.09 bits per heavy atom. The second kappa shape index (κ2) is 12.6. The van der Waals surface area contributed by atoms with Crippen molar-refractivity contribution in [3.63, 3.8) is 0 Å². The highest BCUT2D eigenvalue weighted by atomic mass is 32.3. The number of ether oxygens (including phenoxy) is 3. The molecule has 2 fully saturated rings. The third-order valence-corrected chi connectivity index (χ3v) is 5.46. The molecule has 2 saturated heterocycles. The van der Waals surface area contributed by atoms with Crippen LogP contribution >= 0.6 is 0 Å². The summed E-state index contributed by atoms with van der Waals surface area (Å²) in [5.74, 6) is -1.86. The fraction of sp³-hybridized carbons (Fsp3) is 0.933. The zero-order valence-corrected chi connectivity index (χ0v) is 19.0. The molecule has 0 amide bonds. The molecule has 0 saturated carbocycles.